The standard InChI is InChI=1S/C9H8BrClO2/c1-13-9-4-6(10)2-3-7(9)8(12)5-11/h2-4H,5H2,1H3. The van der Waals surface area contributed by atoms with E-state index in [1.54, 1.807) is 18.2 Å². The summed E-state index contributed by atoms with van der Waals surface area (Å²) in [5.41, 5.74) is 0.515. The minimum Gasteiger partial charge on any atom is -0.496 e. The Labute approximate surface area is 90.0 Å². The van der Waals surface area contributed by atoms with Gasteiger partial charge in [-0.15, -0.1) is 11.6 Å². The van der Waals surface area contributed by atoms with Crippen molar-refractivity contribution in [2.45, 2.75) is 0 Å². The molecule has 4 heteroatoms. The lowest BCUT2D eigenvalue weighted by Crippen LogP contribution is -2.02. The fourth-order valence-electron chi connectivity index (χ4n) is 0.967. The molecule has 0 heterocycles. The van der Waals surface area contributed by atoms with Gasteiger partial charge in [0, 0.05) is 4.47 Å². The van der Waals surface area contributed by atoms with Crippen molar-refractivity contribution in [3.05, 3.63) is 28.2 Å². The second-order valence-corrected chi connectivity index (χ2v) is 3.58. The second kappa shape index (κ2) is 4.63. The first-order valence-corrected chi connectivity index (χ1v) is 4.94. The van der Waals surface area contributed by atoms with Crippen LogP contribution >= 0.6 is 27.5 Å². The average Bonchev–Trinajstić information content (AvgIpc) is 2.16. The zero-order valence-corrected chi connectivity index (χ0v) is 9.35. The Morgan fingerprint density at radius 1 is 1.62 bits per heavy atom. The second-order valence-electron chi connectivity index (χ2n) is 2.40. The Morgan fingerprint density at radius 2 is 2.31 bits per heavy atom. The molecule has 0 bridgehead atoms. The molecule has 0 amide bonds. The zero-order chi connectivity index (χ0) is 9.84. The van der Waals surface area contributed by atoms with Gasteiger partial charge in [-0.25, -0.2) is 0 Å². The van der Waals surface area contributed by atoms with E-state index < -0.39 is 0 Å². The lowest BCUT2D eigenvalue weighted by Gasteiger charge is -2.05. The summed E-state index contributed by atoms with van der Waals surface area (Å²) in [5.74, 6) is 0.379. The molecule has 0 aliphatic rings. The van der Waals surface area contributed by atoms with Crippen LogP contribution in [0.5, 0.6) is 5.75 Å². The van der Waals surface area contributed by atoms with Gasteiger partial charge >= 0.3 is 0 Å². The van der Waals surface area contributed by atoms with Gasteiger partial charge in [0.15, 0.2) is 5.78 Å². The SMILES string of the molecule is COc1cc(Br)ccc1C(=O)CCl. The van der Waals surface area contributed by atoms with Crippen molar-refractivity contribution in [2.75, 3.05) is 13.0 Å². The van der Waals surface area contributed by atoms with Crippen molar-refractivity contribution >= 4 is 33.3 Å². The molecule has 0 N–H and O–H groups in total. The van der Waals surface area contributed by atoms with Crippen LogP contribution in [0.4, 0.5) is 0 Å². The van der Waals surface area contributed by atoms with Crippen LogP contribution in [0.25, 0.3) is 0 Å². The molecular weight excluding hydrogens is 255 g/mol. The van der Waals surface area contributed by atoms with Gasteiger partial charge < -0.3 is 4.74 Å². The summed E-state index contributed by atoms with van der Waals surface area (Å²) in [7, 11) is 1.52. The Hall–Kier alpha value is -0.540. The molecule has 13 heavy (non-hydrogen) atoms. The van der Waals surface area contributed by atoms with E-state index in [9.17, 15) is 4.79 Å². The van der Waals surface area contributed by atoms with Crippen molar-refractivity contribution in [3.8, 4) is 5.75 Å². The third-order valence-electron chi connectivity index (χ3n) is 1.59. The van der Waals surface area contributed by atoms with Gasteiger partial charge in [0.05, 0.1) is 18.6 Å². The maximum Gasteiger partial charge on any atom is 0.181 e. The predicted molar refractivity (Wildman–Crippen MR) is 55.7 cm³/mol. The molecular formula is C9H8BrClO2. The summed E-state index contributed by atoms with van der Waals surface area (Å²) in [6, 6.07) is 5.20. The smallest absolute Gasteiger partial charge is 0.181 e. The van der Waals surface area contributed by atoms with Crippen LogP contribution in [0.1, 0.15) is 10.4 Å². The van der Waals surface area contributed by atoms with Crippen molar-refractivity contribution in [1.82, 2.24) is 0 Å². The molecule has 1 aromatic rings. The number of methoxy groups -OCH3 is 1. The number of ether oxygens (including phenoxy) is 1. The molecule has 0 saturated heterocycles. The highest BCUT2D eigenvalue weighted by Crippen LogP contribution is 2.23. The van der Waals surface area contributed by atoms with E-state index in [-0.39, 0.29) is 11.7 Å². The molecule has 0 aromatic heterocycles. The highest BCUT2D eigenvalue weighted by atomic mass is 79.9. The number of carbonyl (C=O) groups is 1. The molecule has 70 valence electrons. The number of ketones is 1. The van der Waals surface area contributed by atoms with E-state index in [1.165, 1.54) is 7.11 Å². The number of benzene rings is 1. The van der Waals surface area contributed by atoms with Crippen LogP contribution < -0.4 is 4.74 Å². The molecule has 1 rings (SSSR count). The number of carbonyl (C=O) groups excluding carboxylic acids is 1. The number of Topliss-reactive ketones (excluding diaryl/α,β-unsaturated/α-hetero) is 1. The first-order valence-electron chi connectivity index (χ1n) is 3.61. The van der Waals surface area contributed by atoms with E-state index >= 15 is 0 Å². The quantitative estimate of drug-likeness (QED) is 0.619. The predicted octanol–water partition coefficient (Wildman–Crippen LogP) is 2.88. The summed E-state index contributed by atoms with van der Waals surface area (Å²) >= 11 is 8.72. The molecule has 0 aliphatic carbocycles. The Kier molecular flexibility index (Phi) is 3.75. The summed E-state index contributed by atoms with van der Waals surface area (Å²) in [6.07, 6.45) is 0. The molecule has 2 nitrogen and oxygen atoms in total. The van der Waals surface area contributed by atoms with Gasteiger partial charge in [-0.1, -0.05) is 15.9 Å². The van der Waals surface area contributed by atoms with E-state index in [1.807, 2.05) is 0 Å². The fraction of sp³-hybridized carbons (Fsp3) is 0.222. The normalized spacial score (nSPS) is 9.77. The van der Waals surface area contributed by atoms with Crippen molar-refractivity contribution < 1.29 is 9.53 Å². The van der Waals surface area contributed by atoms with Gasteiger partial charge in [-0.05, 0) is 18.2 Å². The minimum absolute atomic E-state index is 0.0298. The van der Waals surface area contributed by atoms with Gasteiger partial charge in [-0.2, -0.15) is 0 Å². The van der Waals surface area contributed by atoms with Crippen LogP contribution in [-0.4, -0.2) is 18.8 Å². The number of hydrogen-bond acceptors (Lipinski definition) is 2. The minimum atomic E-state index is -0.133. The molecule has 0 aliphatic heterocycles. The average molecular weight is 264 g/mol. The number of hydrogen-bond donors (Lipinski definition) is 0. The molecule has 0 spiro atoms. The van der Waals surface area contributed by atoms with Crippen molar-refractivity contribution in [3.63, 3.8) is 0 Å². The monoisotopic (exact) mass is 262 g/mol. The molecule has 0 atom stereocenters. The van der Waals surface area contributed by atoms with E-state index in [2.05, 4.69) is 15.9 Å². The van der Waals surface area contributed by atoms with Crippen LogP contribution in [0.3, 0.4) is 0 Å². The fourth-order valence-corrected chi connectivity index (χ4v) is 1.45. The van der Waals surface area contributed by atoms with Gasteiger partial charge in [0.1, 0.15) is 5.75 Å². The van der Waals surface area contributed by atoms with Gasteiger partial charge in [0.25, 0.3) is 0 Å². The van der Waals surface area contributed by atoms with Crippen LogP contribution in [-0.2, 0) is 0 Å². The largest absolute Gasteiger partial charge is 0.496 e. The highest BCUT2D eigenvalue weighted by molar-refractivity contribution is 9.10. The Bertz CT molecular complexity index is 325. The van der Waals surface area contributed by atoms with Crippen molar-refractivity contribution in [1.29, 1.82) is 0 Å². The lowest BCUT2D eigenvalue weighted by molar-refractivity contribution is 0.101. The van der Waals surface area contributed by atoms with Crippen LogP contribution in [0.15, 0.2) is 22.7 Å². The summed E-state index contributed by atoms with van der Waals surface area (Å²) in [4.78, 5) is 11.3. The zero-order valence-electron chi connectivity index (χ0n) is 7.01. The van der Waals surface area contributed by atoms with Crippen LogP contribution in [0, 0.1) is 0 Å². The van der Waals surface area contributed by atoms with Gasteiger partial charge in [-0.3, -0.25) is 4.79 Å². The van der Waals surface area contributed by atoms with Crippen molar-refractivity contribution in [2.24, 2.45) is 0 Å². The van der Waals surface area contributed by atoms with E-state index in [0.717, 1.165) is 4.47 Å². The third-order valence-corrected chi connectivity index (χ3v) is 2.32. The molecule has 0 fully saturated rings. The van der Waals surface area contributed by atoms with Crippen LogP contribution in [0.2, 0.25) is 0 Å². The number of rotatable bonds is 3. The first kappa shape index (κ1) is 10.5. The van der Waals surface area contributed by atoms with E-state index in [0.29, 0.717) is 11.3 Å². The highest BCUT2D eigenvalue weighted by Gasteiger charge is 2.10. The molecule has 1 aromatic carbocycles. The number of halogens is 2. The maximum absolute atomic E-state index is 11.3. The maximum atomic E-state index is 11.3. The molecule has 0 saturated carbocycles. The Morgan fingerprint density at radius 3 is 2.85 bits per heavy atom. The first-order chi connectivity index (χ1) is 6.19. The summed E-state index contributed by atoms with van der Waals surface area (Å²) < 4.78 is 5.91. The van der Waals surface area contributed by atoms with E-state index in [4.69, 9.17) is 16.3 Å². The summed E-state index contributed by atoms with van der Waals surface area (Å²) in [6.45, 7) is 0. The topological polar surface area (TPSA) is 26.3 Å². The molecule has 0 radical (unpaired) electrons. The lowest BCUT2D eigenvalue weighted by atomic mass is 10.1. The summed E-state index contributed by atoms with van der Waals surface area (Å²) in [5, 5.41) is 0. The van der Waals surface area contributed by atoms with Gasteiger partial charge in [0.2, 0.25) is 0 Å². The number of alkyl halides is 1. The third kappa shape index (κ3) is 2.45. The Balaban J connectivity index is 3.13. The molecule has 0 unspecified atom stereocenters.